The van der Waals surface area contributed by atoms with Crippen LogP contribution in [0.25, 0.3) is 0 Å². The topological polar surface area (TPSA) is 92.3 Å². The minimum absolute atomic E-state index is 0.132. The second-order valence-corrected chi connectivity index (χ2v) is 11.4. The van der Waals surface area contributed by atoms with E-state index in [-0.39, 0.29) is 10.8 Å². The molecule has 1 saturated heterocycles. The minimum Gasteiger partial charge on any atom is -0.326 e. The first-order valence-corrected chi connectivity index (χ1v) is 13.5. The van der Waals surface area contributed by atoms with E-state index in [1.807, 2.05) is 20.1 Å². The van der Waals surface area contributed by atoms with Crippen molar-refractivity contribution in [2.24, 2.45) is 11.8 Å². The van der Waals surface area contributed by atoms with Crippen LogP contribution in [0, 0.1) is 25.7 Å². The summed E-state index contributed by atoms with van der Waals surface area (Å²) in [5.74, 6) is 0.565. The smallest absolute Gasteiger partial charge is 0.243 e. The predicted octanol–water partition coefficient (Wildman–Crippen LogP) is 4.05. The quantitative estimate of drug-likeness (QED) is 0.479. The molecule has 9 heteroatoms. The average molecular weight is 477 g/mol. The van der Waals surface area contributed by atoms with Crippen molar-refractivity contribution < 1.29 is 13.2 Å². The lowest BCUT2D eigenvalue weighted by atomic mass is 9.94. The van der Waals surface area contributed by atoms with Crippen molar-refractivity contribution in [1.29, 1.82) is 0 Å². The number of nitrogens with one attached hydrogen (secondary N) is 1. The van der Waals surface area contributed by atoms with Gasteiger partial charge in [-0.25, -0.2) is 18.4 Å². The first kappa shape index (κ1) is 24.7. The molecule has 0 spiro atoms. The summed E-state index contributed by atoms with van der Waals surface area (Å²) in [6.45, 7) is 9.14. The van der Waals surface area contributed by atoms with E-state index < -0.39 is 10.0 Å². The van der Waals surface area contributed by atoms with Crippen LogP contribution in [0.2, 0.25) is 0 Å². The molecule has 0 saturated carbocycles. The monoisotopic (exact) mass is 476 g/mol. The number of benzene rings is 1. The number of hydrogen-bond acceptors (Lipinski definition) is 6. The highest BCUT2D eigenvalue weighted by atomic mass is 32.2. The first-order valence-electron chi connectivity index (χ1n) is 10.9. The largest absolute Gasteiger partial charge is 0.326 e. The Kier molecular flexibility index (Phi) is 7.95. The van der Waals surface area contributed by atoms with Crippen LogP contribution >= 0.6 is 11.8 Å². The second-order valence-electron chi connectivity index (χ2n) is 8.70. The molecule has 1 aromatic carbocycles. The van der Waals surface area contributed by atoms with Crippen molar-refractivity contribution in [1.82, 2.24) is 14.3 Å². The third-order valence-electron chi connectivity index (χ3n) is 5.80. The molecule has 1 N–H and O–H groups in total. The van der Waals surface area contributed by atoms with E-state index in [9.17, 15) is 13.2 Å². The van der Waals surface area contributed by atoms with Gasteiger partial charge < -0.3 is 5.32 Å². The van der Waals surface area contributed by atoms with Crippen LogP contribution in [-0.4, -0.2) is 47.9 Å². The van der Waals surface area contributed by atoms with E-state index >= 15 is 0 Å². The van der Waals surface area contributed by atoms with E-state index in [2.05, 4.69) is 29.1 Å². The molecule has 2 atom stereocenters. The van der Waals surface area contributed by atoms with E-state index in [4.69, 9.17) is 0 Å². The number of anilines is 1. The Morgan fingerprint density at radius 1 is 1.09 bits per heavy atom. The Morgan fingerprint density at radius 3 is 2.19 bits per heavy atom. The summed E-state index contributed by atoms with van der Waals surface area (Å²) in [6.07, 6.45) is 3.83. The number of rotatable bonds is 7. The summed E-state index contributed by atoms with van der Waals surface area (Å²) in [5, 5.41) is 3.59. The third-order valence-corrected chi connectivity index (χ3v) is 8.19. The van der Waals surface area contributed by atoms with E-state index in [0.717, 1.165) is 28.5 Å². The van der Waals surface area contributed by atoms with Gasteiger partial charge in [-0.1, -0.05) is 25.6 Å². The standard InChI is InChI=1S/C23H32N4O3S2/c1-15-12-16(2)14-27(13-15)32(29,30)20-8-6-19(7-9-20)26-22(28)11-10-21-17(3)24-23(31-5)25-18(21)4/h6-9,15-16H,10-14H2,1-5H3,(H,26,28). The molecule has 1 aromatic heterocycles. The maximum Gasteiger partial charge on any atom is 0.243 e. The Labute approximate surface area is 195 Å². The summed E-state index contributed by atoms with van der Waals surface area (Å²) < 4.78 is 27.6. The fourth-order valence-corrected chi connectivity index (χ4v) is 6.42. The highest BCUT2D eigenvalue weighted by Crippen LogP contribution is 2.27. The number of amides is 1. The number of aromatic nitrogens is 2. The number of aryl methyl sites for hydroxylation is 2. The van der Waals surface area contributed by atoms with Gasteiger partial charge >= 0.3 is 0 Å². The van der Waals surface area contributed by atoms with Gasteiger partial charge in [0.25, 0.3) is 0 Å². The zero-order chi connectivity index (χ0) is 23.5. The van der Waals surface area contributed by atoms with Crippen LogP contribution in [0.15, 0.2) is 34.3 Å². The molecule has 0 bridgehead atoms. The van der Waals surface area contributed by atoms with Gasteiger partial charge in [0.15, 0.2) is 5.16 Å². The number of thioether (sulfide) groups is 1. The van der Waals surface area contributed by atoms with Gasteiger partial charge in [0.05, 0.1) is 4.90 Å². The molecule has 0 radical (unpaired) electrons. The Bertz CT molecular complexity index is 1040. The molecule has 7 nitrogen and oxygen atoms in total. The van der Waals surface area contributed by atoms with Crippen molar-refractivity contribution in [3.63, 3.8) is 0 Å². The number of carbonyl (C=O) groups is 1. The molecule has 2 aromatic rings. The Balaban J connectivity index is 1.61. The fourth-order valence-electron chi connectivity index (χ4n) is 4.29. The summed E-state index contributed by atoms with van der Waals surface area (Å²) in [4.78, 5) is 21.6. The summed E-state index contributed by atoms with van der Waals surface area (Å²) in [6, 6.07) is 6.43. The van der Waals surface area contributed by atoms with Crippen LogP contribution in [0.1, 0.15) is 43.6 Å². The predicted molar refractivity (Wildman–Crippen MR) is 128 cm³/mol. The van der Waals surface area contributed by atoms with Gasteiger partial charge in [-0.2, -0.15) is 4.31 Å². The van der Waals surface area contributed by atoms with E-state index in [1.54, 1.807) is 28.6 Å². The zero-order valence-corrected chi connectivity index (χ0v) is 21.0. The number of hydrogen-bond donors (Lipinski definition) is 1. The van der Waals surface area contributed by atoms with Gasteiger partial charge in [0.1, 0.15) is 0 Å². The SMILES string of the molecule is CSc1nc(C)c(CCC(=O)Nc2ccc(S(=O)(=O)N3CC(C)CC(C)C3)cc2)c(C)n1. The lowest BCUT2D eigenvalue weighted by molar-refractivity contribution is -0.116. The molecule has 32 heavy (non-hydrogen) atoms. The van der Waals surface area contributed by atoms with Crippen LogP contribution in [0.4, 0.5) is 5.69 Å². The molecule has 3 rings (SSSR count). The van der Waals surface area contributed by atoms with Gasteiger partial charge in [0, 0.05) is 36.6 Å². The van der Waals surface area contributed by atoms with Crippen molar-refractivity contribution in [2.75, 3.05) is 24.7 Å². The molecule has 174 valence electrons. The molecule has 1 aliphatic heterocycles. The molecule has 1 fully saturated rings. The van der Waals surface area contributed by atoms with Gasteiger partial charge in [-0.15, -0.1) is 0 Å². The summed E-state index contributed by atoms with van der Waals surface area (Å²) in [5.41, 5.74) is 3.36. The second kappa shape index (κ2) is 10.3. The normalized spacial score (nSPS) is 19.7. The van der Waals surface area contributed by atoms with Crippen molar-refractivity contribution in [2.45, 2.75) is 57.0 Å². The third kappa shape index (κ3) is 5.88. The molecule has 1 amide bonds. The molecule has 2 unspecified atom stereocenters. The van der Waals surface area contributed by atoms with E-state index in [0.29, 0.717) is 43.5 Å². The lowest BCUT2D eigenvalue weighted by Crippen LogP contribution is -2.42. The summed E-state index contributed by atoms with van der Waals surface area (Å²) in [7, 11) is -3.53. The Hall–Kier alpha value is -1.97. The highest BCUT2D eigenvalue weighted by molar-refractivity contribution is 7.98. The van der Waals surface area contributed by atoms with Crippen LogP contribution in [0.3, 0.4) is 0 Å². The maximum absolute atomic E-state index is 13.0. The van der Waals surface area contributed by atoms with Crippen molar-refractivity contribution in [3.05, 3.63) is 41.2 Å². The first-order chi connectivity index (χ1) is 15.1. The zero-order valence-electron chi connectivity index (χ0n) is 19.4. The van der Waals surface area contributed by atoms with Crippen LogP contribution in [-0.2, 0) is 21.2 Å². The molecule has 2 heterocycles. The lowest BCUT2D eigenvalue weighted by Gasteiger charge is -2.34. The van der Waals surface area contributed by atoms with Crippen LogP contribution in [0.5, 0.6) is 0 Å². The highest BCUT2D eigenvalue weighted by Gasteiger charge is 2.31. The van der Waals surface area contributed by atoms with Gasteiger partial charge in [0.2, 0.25) is 15.9 Å². The molecular formula is C23H32N4O3S2. The van der Waals surface area contributed by atoms with Crippen molar-refractivity contribution >= 4 is 33.4 Å². The molecule has 0 aliphatic carbocycles. The average Bonchev–Trinajstić information content (AvgIpc) is 2.72. The fraction of sp³-hybridized carbons (Fsp3) is 0.522. The molecule has 1 aliphatic rings. The van der Waals surface area contributed by atoms with Crippen molar-refractivity contribution in [3.8, 4) is 0 Å². The van der Waals surface area contributed by atoms with Crippen LogP contribution < -0.4 is 5.32 Å². The summed E-state index contributed by atoms with van der Waals surface area (Å²) >= 11 is 1.50. The van der Waals surface area contributed by atoms with Gasteiger partial charge in [-0.05, 0) is 74.6 Å². The van der Waals surface area contributed by atoms with Gasteiger partial charge in [-0.3, -0.25) is 4.79 Å². The maximum atomic E-state index is 13.0. The van der Waals surface area contributed by atoms with E-state index in [1.165, 1.54) is 11.8 Å². The number of sulfonamides is 1. The number of nitrogens with zero attached hydrogens (tertiary/aromatic N) is 3. The number of piperidine rings is 1. The number of carbonyl (C=O) groups excluding carboxylic acids is 1. The molecular weight excluding hydrogens is 444 g/mol. The minimum atomic E-state index is -3.53. The Morgan fingerprint density at radius 2 is 1.66 bits per heavy atom.